The van der Waals surface area contributed by atoms with Gasteiger partial charge in [-0.1, -0.05) is 55.0 Å². The van der Waals surface area contributed by atoms with Gasteiger partial charge < -0.3 is 40.2 Å². The second-order valence-electron chi connectivity index (χ2n) is 13.8. The van der Waals surface area contributed by atoms with E-state index in [9.17, 15) is 24.3 Å². The minimum atomic E-state index is -1.09. The van der Waals surface area contributed by atoms with Gasteiger partial charge in [-0.25, -0.2) is 19.6 Å². The van der Waals surface area contributed by atoms with Crippen LogP contribution in [0.2, 0.25) is 0 Å². The number of benzene rings is 2. The van der Waals surface area contributed by atoms with Crippen molar-refractivity contribution in [2.45, 2.75) is 76.0 Å². The molecule has 2 aromatic carbocycles. The van der Waals surface area contributed by atoms with Crippen molar-refractivity contribution in [1.29, 1.82) is 0 Å². The van der Waals surface area contributed by atoms with Crippen molar-refractivity contribution in [3.05, 3.63) is 72.6 Å². The highest BCUT2D eigenvalue weighted by Crippen LogP contribution is 2.37. The molecule has 4 heterocycles. The van der Waals surface area contributed by atoms with Crippen molar-refractivity contribution in [2.75, 3.05) is 20.2 Å². The summed E-state index contributed by atoms with van der Waals surface area (Å²) in [6, 6.07) is 15.1. The molecule has 14 heteroatoms. The first-order chi connectivity index (χ1) is 25.2. The summed E-state index contributed by atoms with van der Waals surface area (Å²) in [5, 5.41) is 14.3. The lowest BCUT2D eigenvalue weighted by molar-refractivity contribution is -0.137. The molecule has 3 aliphatic rings. The Labute approximate surface area is 301 Å². The third-order valence-electron chi connectivity index (χ3n) is 10.7. The number of nitrogens with zero attached hydrogens (tertiary/aromatic N) is 4. The van der Waals surface area contributed by atoms with Gasteiger partial charge in [-0.05, 0) is 67.7 Å². The summed E-state index contributed by atoms with van der Waals surface area (Å²) in [5.74, 6) is 0.968. The summed E-state index contributed by atoms with van der Waals surface area (Å²) in [6.45, 7) is 2.89. The van der Waals surface area contributed by atoms with E-state index in [1.54, 1.807) is 18.0 Å². The number of carboxylic acid groups (broad SMARTS) is 1. The molecule has 7 rings (SSSR count). The number of alkyl carbamates (subject to hydrolysis) is 1. The fourth-order valence-corrected chi connectivity index (χ4v) is 7.97. The van der Waals surface area contributed by atoms with Crippen LogP contribution in [-0.4, -0.2) is 91.1 Å². The molecule has 1 saturated carbocycles. The molecule has 5 atom stereocenters. The lowest BCUT2D eigenvalue weighted by Gasteiger charge is -2.28. The van der Waals surface area contributed by atoms with Gasteiger partial charge in [0.15, 0.2) is 0 Å². The fraction of sp³-hybridized carbons (Fsp3) is 0.421. The van der Waals surface area contributed by atoms with Gasteiger partial charge in [0.25, 0.3) is 0 Å². The molecule has 2 aromatic heterocycles. The number of hydrogen-bond donors (Lipinski definition) is 5. The van der Waals surface area contributed by atoms with Crippen LogP contribution in [0.5, 0.6) is 0 Å². The van der Waals surface area contributed by atoms with E-state index in [4.69, 9.17) is 0 Å². The van der Waals surface area contributed by atoms with Crippen LogP contribution in [0.15, 0.2) is 60.9 Å². The van der Waals surface area contributed by atoms with E-state index in [0.717, 1.165) is 77.4 Å². The maximum Gasteiger partial charge on any atom is 0.407 e. The van der Waals surface area contributed by atoms with E-state index in [0.29, 0.717) is 25.9 Å². The number of carbonyl (C=O) groups excluding carboxylic acids is 3. The number of amides is 4. The molecule has 272 valence electrons. The van der Waals surface area contributed by atoms with Crippen LogP contribution in [0.1, 0.15) is 75.6 Å². The highest BCUT2D eigenvalue weighted by atomic mass is 16.5. The first-order valence-corrected chi connectivity index (χ1v) is 18.0. The highest BCUT2D eigenvalue weighted by Gasteiger charge is 2.41. The van der Waals surface area contributed by atoms with E-state index >= 15 is 0 Å². The van der Waals surface area contributed by atoms with E-state index in [1.807, 2.05) is 23.2 Å². The Morgan fingerprint density at radius 3 is 1.83 bits per heavy atom. The Hall–Kier alpha value is -5.66. The van der Waals surface area contributed by atoms with Crippen molar-refractivity contribution < 1.29 is 29.0 Å². The van der Waals surface area contributed by atoms with Crippen LogP contribution in [0, 0.1) is 5.92 Å². The summed E-state index contributed by atoms with van der Waals surface area (Å²) in [7, 11) is 1.27. The van der Waals surface area contributed by atoms with Gasteiger partial charge in [-0.2, -0.15) is 0 Å². The fourth-order valence-electron chi connectivity index (χ4n) is 7.97. The van der Waals surface area contributed by atoms with E-state index in [-0.39, 0.29) is 35.9 Å². The predicted octanol–water partition coefficient (Wildman–Crippen LogP) is 5.64. The molecule has 2 aliphatic heterocycles. The third-order valence-corrected chi connectivity index (χ3v) is 10.7. The number of aromatic nitrogens is 4. The number of likely N-dealkylation sites (tertiary alicyclic amines) is 2. The van der Waals surface area contributed by atoms with Crippen LogP contribution >= 0.6 is 0 Å². The van der Waals surface area contributed by atoms with Crippen molar-refractivity contribution >= 4 is 24.0 Å². The molecular weight excluding hydrogens is 664 g/mol. The zero-order chi connectivity index (χ0) is 36.4. The minimum absolute atomic E-state index is 0.00787. The zero-order valence-electron chi connectivity index (χ0n) is 29.3. The molecule has 0 bridgehead atoms. The van der Waals surface area contributed by atoms with Crippen LogP contribution in [0.3, 0.4) is 0 Å². The molecule has 0 radical (unpaired) electrons. The maximum absolute atomic E-state index is 13.5. The Bertz CT molecular complexity index is 1920. The van der Waals surface area contributed by atoms with Gasteiger partial charge in [0.2, 0.25) is 11.8 Å². The third kappa shape index (κ3) is 7.10. The lowest BCUT2D eigenvalue weighted by atomic mass is 10.0. The highest BCUT2D eigenvalue weighted by molar-refractivity contribution is 5.86. The molecule has 0 spiro atoms. The van der Waals surface area contributed by atoms with Crippen LogP contribution in [-0.2, 0) is 14.3 Å². The molecule has 3 fully saturated rings. The van der Waals surface area contributed by atoms with E-state index in [2.05, 4.69) is 71.7 Å². The van der Waals surface area contributed by atoms with Gasteiger partial charge in [0.05, 0.1) is 48.9 Å². The average Bonchev–Trinajstić information content (AvgIpc) is 4.00. The van der Waals surface area contributed by atoms with Crippen molar-refractivity contribution in [3.8, 4) is 33.6 Å². The van der Waals surface area contributed by atoms with Gasteiger partial charge >= 0.3 is 12.2 Å². The standard InChI is InChI=1S/C38H44N8O6/c1-22(41-38(51)52-2)35(47)45-18-4-8-31(45)33-39-20-29(42-33)25-14-10-23(11-15-25)24-12-16-26(17-13-24)30-21-40-34(43-30)32-9-5-19-46(32)36(48)27-6-3-7-28(27)44-37(49)50/h10-17,20-22,27-28,31-32,44H,3-9,18-19H2,1-2H3,(H,39,42)(H,40,43)(H,41,51)(H,49,50)/t22-,27-,28-,31-,32-/m0/s1. The summed E-state index contributed by atoms with van der Waals surface area (Å²) in [4.78, 5) is 69.3. The summed E-state index contributed by atoms with van der Waals surface area (Å²) < 4.78 is 4.64. The molecule has 0 unspecified atom stereocenters. The summed E-state index contributed by atoms with van der Waals surface area (Å²) in [6.07, 6.45) is 7.40. The summed E-state index contributed by atoms with van der Waals surface area (Å²) >= 11 is 0. The molecule has 4 aromatic rings. The van der Waals surface area contributed by atoms with Crippen LogP contribution < -0.4 is 10.6 Å². The number of methoxy groups -OCH3 is 1. The number of imidazole rings is 2. The number of rotatable bonds is 9. The number of carbonyl (C=O) groups is 4. The van der Waals surface area contributed by atoms with Crippen LogP contribution in [0.25, 0.3) is 33.6 Å². The second kappa shape index (κ2) is 14.9. The molecule has 14 nitrogen and oxygen atoms in total. The Balaban J connectivity index is 0.988. The van der Waals surface area contributed by atoms with Gasteiger partial charge in [-0.3, -0.25) is 9.59 Å². The minimum Gasteiger partial charge on any atom is -0.465 e. The topological polar surface area (TPSA) is 186 Å². The van der Waals surface area contributed by atoms with Gasteiger partial charge in [0, 0.05) is 19.1 Å². The normalized spacial score (nSPS) is 22.0. The zero-order valence-corrected chi connectivity index (χ0v) is 29.3. The Morgan fingerprint density at radius 2 is 1.29 bits per heavy atom. The maximum atomic E-state index is 13.5. The molecule has 52 heavy (non-hydrogen) atoms. The molecule has 4 amide bonds. The second-order valence-corrected chi connectivity index (χ2v) is 13.8. The summed E-state index contributed by atoms with van der Waals surface area (Å²) in [5.41, 5.74) is 5.80. The first kappa shape index (κ1) is 34.8. The molecule has 2 saturated heterocycles. The first-order valence-electron chi connectivity index (χ1n) is 18.0. The van der Waals surface area contributed by atoms with Gasteiger partial charge in [0.1, 0.15) is 17.7 Å². The van der Waals surface area contributed by atoms with E-state index in [1.165, 1.54) is 7.11 Å². The Kier molecular flexibility index (Phi) is 9.97. The van der Waals surface area contributed by atoms with Crippen molar-refractivity contribution in [2.24, 2.45) is 5.92 Å². The lowest BCUT2D eigenvalue weighted by Crippen LogP contribution is -2.46. The predicted molar refractivity (Wildman–Crippen MR) is 192 cm³/mol. The number of hydrogen-bond acceptors (Lipinski definition) is 7. The average molecular weight is 709 g/mol. The number of aromatic amines is 2. The van der Waals surface area contributed by atoms with Crippen molar-refractivity contribution in [3.63, 3.8) is 0 Å². The monoisotopic (exact) mass is 708 g/mol. The number of H-pyrrole nitrogens is 2. The smallest absolute Gasteiger partial charge is 0.407 e. The molecule has 5 N–H and O–H groups in total. The number of ether oxygens (including phenoxy) is 1. The van der Waals surface area contributed by atoms with Crippen molar-refractivity contribution in [1.82, 2.24) is 40.4 Å². The molecular formula is C38H44N8O6. The van der Waals surface area contributed by atoms with Gasteiger partial charge in [-0.15, -0.1) is 0 Å². The quantitative estimate of drug-likeness (QED) is 0.148. The Morgan fingerprint density at radius 1 is 0.769 bits per heavy atom. The number of nitrogens with one attached hydrogen (secondary N) is 4. The van der Waals surface area contributed by atoms with Crippen LogP contribution in [0.4, 0.5) is 9.59 Å². The SMILES string of the molecule is COC(=O)N[C@@H](C)C(=O)N1CCC[C@H]1c1ncc(-c2ccc(-c3ccc(-c4cnc([C@@H]5CCCN5C(=O)[C@H]5CCC[C@@H]5NC(=O)O)[nH]4)cc3)cc2)[nH]1. The largest absolute Gasteiger partial charge is 0.465 e. The van der Waals surface area contributed by atoms with E-state index < -0.39 is 18.2 Å². The molecule has 1 aliphatic carbocycles.